The number of nitrogens with zero attached hydrogens (tertiary/aromatic N) is 1. The van der Waals surface area contributed by atoms with E-state index in [1.165, 1.54) is 32.1 Å². The first-order chi connectivity index (χ1) is 15.8. The fraction of sp³-hybridized carbons (Fsp3) is 0.667. The van der Waals surface area contributed by atoms with Crippen molar-refractivity contribution >= 4 is 23.5 Å². The molecule has 1 aromatic rings. The minimum atomic E-state index is -0.713. The number of unbranched alkanes of at least 4 members (excludes halogenated alkanes) is 5. The molecule has 1 aliphatic rings. The Bertz CT molecular complexity index is 791. The van der Waals surface area contributed by atoms with Gasteiger partial charge >= 0.3 is 11.9 Å². The van der Waals surface area contributed by atoms with Crippen LogP contribution in [-0.2, 0) is 9.59 Å². The number of carbonyl (C=O) groups excluding carboxylic acids is 2. The lowest BCUT2D eigenvalue weighted by molar-refractivity contribution is -0.140. The summed E-state index contributed by atoms with van der Waals surface area (Å²) in [5, 5.41) is 9.07. The van der Waals surface area contributed by atoms with Crippen molar-refractivity contribution in [1.82, 2.24) is 0 Å². The first-order valence-corrected chi connectivity index (χ1v) is 12.8. The maximum Gasteiger partial charge on any atom is 0.329 e. The summed E-state index contributed by atoms with van der Waals surface area (Å²) in [5.41, 5.74) is -0.288. The predicted octanol–water partition coefficient (Wildman–Crippen LogP) is 7.21. The maximum atomic E-state index is 12.6. The molecule has 0 aliphatic heterocycles. The molecule has 182 valence electrons. The van der Waals surface area contributed by atoms with E-state index in [1.54, 1.807) is 24.3 Å². The molecule has 0 aromatic heterocycles. The van der Waals surface area contributed by atoms with Crippen molar-refractivity contribution in [1.29, 1.82) is 5.26 Å². The van der Waals surface area contributed by atoms with Gasteiger partial charge in [0.05, 0.1) is 17.4 Å². The maximum absolute atomic E-state index is 12.6. The van der Waals surface area contributed by atoms with Gasteiger partial charge in [-0.15, -0.1) is 11.6 Å². The Morgan fingerprint density at radius 2 is 1.58 bits per heavy atom. The number of hydrogen-bond acceptors (Lipinski definition) is 5. The van der Waals surface area contributed by atoms with Gasteiger partial charge in [0.1, 0.15) is 16.9 Å². The Kier molecular flexibility index (Phi) is 11.2. The van der Waals surface area contributed by atoms with Crippen molar-refractivity contribution in [2.24, 2.45) is 17.3 Å². The van der Waals surface area contributed by atoms with E-state index in [2.05, 4.69) is 13.0 Å². The summed E-state index contributed by atoms with van der Waals surface area (Å²) in [6, 6.07) is 8.96. The minimum absolute atomic E-state index is 0.0274. The average Bonchev–Trinajstić information content (AvgIpc) is 2.82. The standard InChI is InChI=1S/C27H38ClNO4/c1-4-5-6-7-8-9-16-27(19-29)17-14-21(15-18-27)25(30)32-22-10-12-23(13-11-22)33-26(31)24(28)20(2)3/h10-13,20-21,24H,4-9,14-18H2,1-3H3. The fourth-order valence-corrected chi connectivity index (χ4v) is 4.33. The molecular weight excluding hydrogens is 438 g/mol. The van der Waals surface area contributed by atoms with Crippen molar-refractivity contribution in [3.8, 4) is 17.6 Å². The van der Waals surface area contributed by atoms with Gasteiger partial charge in [0, 0.05) is 0 Å². The number of halogens is 1. The van der Waals surface area contributed by atoms with Crippen molar-refractivity contribution in [2.45, 2.75) is 96.8 Å². The molecule has 2 rings (SSSR count). The number of benzene rings is 1. The highest BCUT2D eigenvalue weighted by atomic mass is 35.5. The Balaban J connectivity index is 1.79. The third kappa shape index (κ3) is 8.66. The zero-order valence-electron chi connectivity index (χ0n) is 20.3. The van der Waals surface area contributed by atoms with E-state index in [-0.39, 0.29) is 23.2 Å². The van der Waals surface area contributed by atoms with Crippen LogP contribution < -0.4 is 9.47 Å². The van der Waals surface area contributed by atoms with Crippen LogP contribution in [0, 0.1) is 28.6 Å². The molecule has 0 radical (unpaired) electrons. The van der Waals surface area contributed by atoms with Gasteiger partial charge in [-0.05, 0) is 62.3 Å². The first-order valence-electron chi connectivity index (χ1n) is 12.4. The second kappa shape index (κ2) is 13.6. The van der Waals surface area contributed by atoms with Crippen LogP contribution in [0.25, 0.3) is 0 Å². The molecule has 0 N–H and O–H groups in total. The number of nitriles is 1. The molecule has 1 aliphatic carbocycles. The average molecular weight is 476 g/mol. The van der Waals surface area contributed by atoms with Gasteiger partial charge < -0.3 is 9.47 Å². The molecule has 1 aromatic carbocycles. The van der Waals surface area contributed by atoms with Gasteiger partial charge in [-0.25, -0.2) is 0 Å². The Morgan fingerprint density at radius 1 is 1.03 bits per heavy atom. The lowest BCUT2D eigenvalue weighted by Gasteiger charge is -2.34. The van der Waals surface area contributed by atoms with Gasteiger partial charge in [-0.1, -0.05) is 59.3 Å². The number of hydrogen-bond donors (Lipinski definition) is 0. The topological polar surface area (TPSA) is 76.4 Å². The van der Waals surface area contributed by atoms with E-state index in [1.807, 2.05) is 13.8 Å². The summed E-state index contributed by atoms with van der Waals surface area (Å²) < 4.78 is 10.8. The largest absolute Gasteiger partial charge is 0.426 e. The van der Waals surface area contributed by atoms with Gasteiger partial charge in [-0.2, -0.15) is 5.26 Å². The Morgan fingerprint density at radius 3 is 2.12 bits per heavy atom. The van der Waals surface area contributed by atoms with Crippen LogP contribution in [0.15, 0.2) is 24.3 Å². The minimum Gasteiger partial charge on any atom is -0.426 e. The molecule has 6 heteroatoms. The van der Waals surface area contributed by atoms with Crippen LogP contribution in [0.2, 0.25) is 0 Å². The van der Waals surface area contributed by atoms with Gasteiger partial charge in [0.2, 0.25) is 0 Å². The Hall–Kier alpha value is -2.06. The smallest absolute Gasteiger partial charge is 0.329 e. The monoisotopic (exact) mass is 475 g/mol. The lowest BCUT2D eigenvalue weighted by atomic mass is 9.69. The number of alkyl halides is 1. The van der Waals surface area contributed by atoms with Crippen LogP contribution in [0.5, 0.6) is 11.5 Å². The zero-order chi connectivity index (χ0) is 24.3. The summed E-state index contributed by atoms with van der Waals surface area (Å²) in [6.07, 6.45) is 11.1. The molecular formula is C27H38ClNO4. The third-order valence-corrected chi connectivity index (χ3v) is 7.28. The quantitative estimate of drug-likeness (QED) is 0.138. The third-order valence-electron chi connectivity index (χ3n) is 6.59. The molecule has 5 nitrogen and oxygen atoms in total. The molecule has 1 atom stereocenters. The van der Waals surface area contributed by atoms with E-state index >= 15 is 0 Å². The fourth-order valence-electron chi connectivity index (χ4n) is 4.29. The number of ether oxygens (including phenoxy) is 2. The van der Waals surface area contributed by atoms with Crippen LogP contribution in [0.4, 0.5) is 0 Å². The van der Waals surface area contributed by atoms with Crippen molar-refractivity contribution in [3.05, 3.63) is 24.3 Å². The lowest BCUT2D eigenvalue weighted by Crippen LogP contribution is -2.31. The molecule has 33 heavy (non-hydrogen) atoms. The first kappa shape index (κ1) is 27.2. The number of rotatable bonds is 12. The summed E-state index contributed by atoms with van der Waals surface area (Å²) >= 11 is 6.02. The van der Waals surface area contributed by atoms with Crippen molar-refractivity contribution in [2.75, 3.05) is 0 Å². The highest BCUT2D eigenvalue weighted by Gasteiger charge is 2.38. The van der Waals surface area contributed by atoms with Crippen LogP contribution in [-0.4, -0.2) is 17.3 Å². The molecule has 1 saturated carbocycles. The zero-order valence-corrected chi connectivity index (χ0v) is 21.0. The SMILES string of the molecule is CCCCCCCCC1(C#N)CCC(C(=O)Oc2ccc(OC(=O)C(Cl)C(C)C)cc2)CC1. The summed E-state index contributed by atoms with van der Waals surface area (Å²) in [6.45, 7) is 5.91. The van der Waals surface area contributed by atoms with Gasteiger partial charge in [-0.3, -0.25) is 9.59 Å². The van der Waals surface area contributed by atoms with E-state index in [4.69, 9.17) is 21.1 Å². The number of esters is 2. The molecule has 0 saturated heterocycles. The molecule has 1 fully saturated rings. The summed E-state index contributed by atoms with van der Waals surface area (Å²) in [5.74, 6) is -0.198. The van der Waals surface area contributed by atoms with Gasteiger partial charge in [0.15, 0.2) is 0 Å². The molecule has 0 heterocycles. The van der Waals surface area contributed by atoms with Crippen LogP contribution >= 0.6 is 11.6 Å². The molecule has 0 amide bonds. The van der Waals surface area contributed by atoms with Gasteiger partial charge in [0.25, 0.3) is 0 Å². The van der Waals surface area contributed by atoms with E-state index < -0.39 is 11.3 Å². The normalized spacial score (nSPS) is 21.3. The second-order valence-corrected chi connectivity index (χ2v) is 10.1. The molecule has 0 bridgehead atoms. The van der Waals surface area contributed by atoms with Crippen LogP contribution in [0.3, 0.4) is 0 Å². The highest BCUT2D eigenvalue weighted by Crippen LogP contribution is 2.42. The summed E-state index contributed by atoms with van der Waals surface area (Å²) in [4.78, 5) is 24.6. The number of carbonyl (C=O) groups is 2. The van der Waals surface area contributed by atoms with Crippen LogP contribution in [0.1, 0.15) is 91.4 Å². The Labute approximate surface area is 203 Å². The van der Waals surface area contributed by atoms with Crippen molar-refractivity contribution < 1.29 is 19.1 Å². The predicted molar refractivity (Wildman–Crippen MR) is 130 cm³/mol. The highest BCUT2D eigenvalue weighted by molar-refractivity contribution is 6.30. The van der Waals surface area contributed by atoms with E-state index in [0.717, 1.165) is 25.7 Å². The molecule has 1 unspecified atom stereocenters. The van der Waals surface area contributed by atoms with E-state index in [9.17, 15) is 14.9 Å². The molecule has 0 spiro atoms. The second-order valence-electron chi connectivity index (χ2n) is 9.64. The van der Waals surface area contributed by atoms with Crippen molar-refractivity contribution in [3.63, 3.8) is 0 Å². The summed E-state index contributed by atoms with van der Waals surface area (Å²) in [7, 11) is 0. The van der Waals surface area contributed by atoms with E-state index in [0.29, 0.717) is 24.3 Å².